The van der Waals surface area contributed by atoms with E-state index in [-0.39, 0.29) is 6.54 Å². The Hall–Kier alpha value is -3.55. The van der Waals surface area contributed by atoms with Crippen molar-refractivity contribution in [2.45, 2.75) is 13.8 Å². The normalized spacial score (nSPS) is 9.93. The van der Waals surface area contributed by atoms with Crippen molar-refractivity contribution in [1.82, 2.24) is 16.2 Å². The second kappa shape index (κ2) is 10.6. The zero-order valence-corrected chi connectivity index (χ0v) is 15.8. The number of ether oxygens (including phenoxy) is 2. The zero-order chi connectivity index (χ0) is 20.4. The quantitative estimate of drug-likeness (QED) is 0.600. The first-order valence-electron chi connectivity index (χ1n) is 8.86. The van der Waals surface area contributed by atoms with E-state index in [1.165, 1.54) is 0 Å². The van der Waals surface area contributed by atoms with E-state index >= 15 is 0 Å². The summed E-state index contributed by atoms with van der Waals surface area (Å²) >= 11 is 0. The van der Waals surface area contributed by atoms with Gasteiger partial charge in [-0.2, -0.15) is 0 Å². The van der Waals surface area contributed by atoms with Gasteiger partial charge in [0.05, 0.1) is 19.8 Å². The lowest BCUT2D eigenvalue weighted by Gasteiger charge is -2.09. The summed E-state index contributed by atoms with van der Waals surface area (Å²) in [5, 5.41) is 2.48. The number of carbonyl (C=O) groups excluding carboxylic acids is 3. The van der Waals surface area contributed by atoms with Crippen molar-refractivity contribution in [2.75, 3.05) is 19.8 Å². The maximum atomic E-state index is 12.0. The van der Waals surface area contributed by atoms with Crippen molar-refractivity contribution < 1.29 is 23.9 Å². The third kappa shape index (κ3) is 6.31. The Bertz CT molecular complexity index is 736. The van der Waals surface area contributed by atoms with Crippen molar-refractivity contribution in [2.24, 2.45) is 0 Å². The van der Waals surface area contributed by atoms with Gasteiger partial charge in [0, 0.05) is 11.1 Å². The molecule has 148 valence electrons. The molecule has 0 unspecified atom stereocenters. The van der Waals surface area contributed by atoms with Crippen LogP contribution in [0.25, 0.3) is 0 Å². The van der Waals surface area contributed by atoms with Gasteiger partial charge in [0.1, 0.15) is 11.5 Å². The summed E-state index contributed by atoms with van der Waals surface area (Å²) in [6.45, 7) is 4.52. The maximum Gasteiger partial charge on any atom is 0.269 e. The molecule has 0 saturated heterocycles. The molecule has 0 aliphatic carbocycles. The highest BCUT2D eigenvalue weighted by atomic mass is 16.5. The zero-order valence-electron chi connectivity index (χ0n) is 15.8. The smallest absolute Gasteiger partial charge is 0.269 e. The van der Waals surface area contributed by atoms with Gasteiger partial charge >= 0.3 is 0 Å². The molecule has 0 heterocycles. The number of rotatable bonds is 8. The third-order valence-electron chi connectivity index (χ3n) is 3.58. The molecule has 0 aliphatic heterocycles. The summed E-state index contributed by atoms with van der Waals surface area (Å²) in [5.74, 6) is -0.127. The van der Waals surface area contributed by atoms with Crippen molar-refractivity contribution in [3.63, 3.8) is 0 Å². The van der Waals surface area contributed by atoms with Gasteiger partial charge < -0.3 is 14.8 Å². The molecule has 0 radical (unpaired) electrons. The van der Waals surface area contributed by atoms with Gasteiger partial charge in [-0.25, -0.2) is 0 Å². The minimum atomic E-state index is -0.557. The van der Waals surface area contributed by atoms with E-state index in [1.54, 1.807) is 48.5 Å². The Morgan fingerprint density at radius 1 is 0.714 bits per heavy atom. The first-order valence-corrected chi connectivity index (χ1v) is 8.86. The van der Waals surface area contributed by atoms with Crippen LogP contribution in [0.4, 0.5) is 0 Å². The summed E-state index contributed by atoms with van der Waals surface area (Å²) in [7, 11) is 0. The predicted octanol–water partition coefficient (Wildman–Crippen LogP) is 1.68. The van der Waals surface area contributed by atoms with Gasteiger partial charge in [0.25, 0.3) is 17.7 Å². The lowest BCUT2D eigenvalue weighted by molar-refractivity contribution is -0.120. The van der Waals surface area contributed by atoms with Gasteiger partial charge in [-0.05, 0) is 62.4 Å². The third-order valence-corrected chi connectivity index (χ3v) is 3.58. The van der Waals surface area contributed by atoms with Gasteiger partial charge in [-0.1, -0.05) is 0 Å². The SMILES string of the molecule is CCOc1ccc(C(=O)NCC(=O)NNC(=O)c2ccc(OCC)cc2)cc1. The maximum absolute atomic E-state index is 12.0. The molecule has 0 aromatic heterocycles. The number of hydrogen-bond acceptors (Lipinski definition) is 5. The number of benzene rings is 2. The van der Waals surface area contributed by atoms with Crippen LogP contribution in [0.5, 0.6) is 11.5 Å². The van der Waals surface area contributed by atoms with Crippen LogP contribution < -0.4 is 25.6 Å². The minimum Gasteiger partial charge on any atom is -0.494 e. The molecule has 2 aromatic rings. The van der Waals surface area contributed by atoms with Crippen LogP contribution in [0.15, 0.2) is 48.5 Å². The summed E-state index contributed by atoms with van der Waals surface area (Å²) < 4.78 is 10.6. The summed E-state index contributed by atoms with van der Waals surface area (Å²) in [4.78, 5) is 35.8. The van der Waals surface area contributed by atoms with E-state index in [0.717, 1.165) is 0 Å². The fraction of sp³-hybridized carbons (Fsp3) is 0.250. The molecule has 3 amide bonds. The first-order chi connectivity index (χ1) is 13.5. The van der Waals surface area contributed by atoms with Crippen LogP contribution in [-0.2, 0) is 4.79 Å². The molecule has 0 bridgehead atoms. The summed E-state index contributed by atoms with van der Waals surface area (Å²) in [6.07, 6.45) is 0. The van der Waals surface area contributed by atoms with E-state index in [1.807, 2.05) is 13.8 Å². The Balaban J connectivity index is 1.75. The van der Waals surface area contributed by atoms with E-state index in [2.05, 4.69) is 16.2 Å². The number of amides is 3. The molecule has 0 saturated carbocycles. The lowest BCUT2D eigenvalue weighted by Crippen LogP contribution is -2.46. The highest BCUT2D eigenvalue weighted by molar-refractivity contribution is 5.98. The minimum absolute atomic E-state index is 0.282. The molecule has 2 rings (SSSR count). The number of nitrogens with one attached hydrogen (secondary N) is 3. The molecule has 28 heavy (non-hydrogen) atoms. The Morgan fingerprint density at radius 3 is 1.64 bits per heavy atom. The van der Waals surface area contributed by atoms with Crippen LogP contribution in [0, 0.1) is 0 Å². The topological polar surface area (TPSA) is 106 Å². The molecule has 0 atom stereocenters. The molecular weight excluding hydrogens is 362 g/mol. The van der Waals surface area contributed by atoms with E-state index < -0.39 is 17.7 Å². The number of carbonyl (C=O) groups is 3. The second-order valence-electron chi connectivity index (χ2n) is 5.60. The van der Waals surface area contributed by atoms with Gasteiger partial charge in [0.2, 0.25) is 0 Å². The standard InChI is InChI=1S/C20H23N3O5/c1-3-27-16-9-5-14(6-10-16)19(25)21-13-18(24)22-23-20(26)15-7-11-17(12-8-15)28-4-2/h5-12H,3-4,13H2,1-2H3,(H,21,25)(H,22,24)(H,23,26). The van der Waals surface area contributed by atoms with Crippen molar-refractivity contribution in [3.05, 3.63) is 59.7 Å². The number of hydrogen-bond donors (Lipinski definition) is 3. The Kier molecular flexibility index (Phi) is 7.83. The Labute approximate surface area is 163 Å². The highest BCUT2D eigenvalue weighted by Crippen LogP contribution is 2.12. The first kappa shape index (κ1) is 20.8. The second-order valence-corrected chi connectivity index (χ2v) is 5.60. The average molecular weight is 385 g/mol. The van der Waals surface area contributed by atoms with E-state index in [0.29, 0.717) is 35.8 Å². The van der Waals surface area contributed by atoms with Gasteiger partial charge in [-0.15, -0.1) is 0 Å². The molecule has 3 N–H and O–H groups in total. The molecule has 0 fully saturated rings. The van der Waals surface area contributed by atoms with Crippen molar-refractivity contribution >= 4 is 17.7 Å². The summed E-state index contributed by atoms with van der Waals surface area (Å²) in [6, 6.07) is 13.1. The molecule has 8 nitrogen and oxygen atoms in total. The monoisotopic (exact) mass is 385 g/mol. The van der Waals surface area contributed by atoms with Crippen molar-refractivity contribution in [3.8, 4) is 11.5 Å². The fourth-order valence-corrected chi connectivity index (χ4v) is 2.24. The van der Waals surface area contributed by atoms with Crippen LogP contribution >= 0.6 is 0 Å². The van der Waals surface area contributed by atoms with Crippen LogP contribution in [0.2, 0.25) is 0 Å². The van der Waals surface area contributed by atoms with E-state index in [4.69, 9.17) is 9.47 Å². The molecular formula is C20H23N3O5. The fourth-order valence-electron chi connectivity index (χ4n) is 2.24. The van der Waals surface area contributed by atoms with Gasteiger partial charge in [0.15, 0.2) is 0 Å². The van der Waals surface area contributed by atoms with Crippen molar-refractivity contribution in [1.29, 1.82) is 0 Å². The highest BCUT2D eigenvalue weighted by Gasteiger charge is 2.10. The molecule has 0 spiro atoms. The molecule has 8 heteroatoms. The van der Waals surface area contributed by atoms with Gasteiger partial charge in [-0.3, -0.25) is 25.2 Å². The van der Waals surface area contributed by atoms with Crippen LogP contribution in [0.1, 0.15) is 34.6 Å². The van der Waals surface area contributed by atoms with E-state index in [9.17, 15) is 14.4 Å². The largest absolute Gasteiger partial charge is 0.494 e. The Morgan fingerprint density at radius 2 is 1.18 bits per heavy atom. The molecule has 0 aliphatic rings. The predicted molar refractivity (Wildman–Crippen MR) is 103 cm³/mol. The van der Waals surface area contributed by atoms with Crippen LogP contribution in [0.3, 0.4) is 0 Å². The van der Waals surface area contributed by atoms with Crippen LogP contribution in [-0.4, -0.2) is 37.5 Å². The lowest BCUT2D eigenvalue weighted by atomic mass is 10.2. The molecule has 2 aromatic carbocycles. The summed E-state index contributed by atoms with van der Waals surface area (Å²) in [5.41, 5.74) is 5.30. The average Bonchev–Trinajstić information content (AvgIpc) is 2.72. The number of hydrazine groups is 1.